The molecule has 0 unspecified atom stereocenters. The van der Waals surface area contributed by atoms with E-state index in [4.69, 9.17) is 4.74 Å². The Hall–Kier alpha value is -3.55. The van der Waals surface area contributed by atoms with Gasteiger partial charge in [-0.15, -0.1) is 0 Å². The largest absolute Gasteiger partial charge is 0.444 e. The Morgan fingerprint density at radius 3 is 2.18 bits per heavy atom. The zero-order valence-electron chi connectivity index (χ0n) is 24.2. The summed E-state index contributed by atoms with van der Waals surface area (Å²) < 4.78 is 5.57. The third-order valence-electron chi connectivity index (χ3n) is 7.99. The summed E-state index contributed by atoms with van der Waals surface area (Å²) in [6.07, 6.45) is 1.47. The van der Waals surface area contributed by atoms with Crippen LogP contribution in [-0.2, 0) is 9.53 Å². The van der Waals surface area contributed by atoms with Gasteiger partial charge in [-0.25, -0.2) is 4.79 Å². The third-order valence-corrected chi connectivity index (χ3v) is 7.99. The fourth-order valence-corrected chi connectivity index (χ4v) is 5.74. The number of hydrogen-bond acceptors (Lipinski definition) is 5. The minimum Gasteiger partial charge on any atom is -0.444 e. The SMILES string of the molecule is CNC(=O)c1ccc(N[C@H]2c3cc(C4CCN(C(=O)OC(C)(C)C)CC4)ccc3N(C(C)=O)[C@@H](C)[C@@H]2C)cc1. The van der Waals surface area contributed by atoms with Crippen molar-refractivity contribution in [1.82, 2.24) is 10.2 Å². The number of piperidine rings is 1. The van der Waals surface area contributed by atoms with Crippen molar-refractivity contribution < 1.29 is 19.1 Å². The summed E-state index contributed by atoms with van der Waals surface area (Å²) in [5, 5.41) is 6.35. The summed E-state index contributed by atoms with van der Waals surface area (Å²) in [7, 11) is 1.62. The Morgan fingerprint density at radius 1 is 0.974 bits per heavy atom. The number of rotatable bonds is 4. The van der Waals surface area contributed by atoms with Crippen molar-refractivity contribution in [2.75, 3.05) is 30.4 Å². The van der Waals surface area contributed by atoms with E-state index in [0.29, 0.717) is 24.6 Å². The van der Waals surface area contributed by atoms with Crippen molar-refractivity contribution in [2.45, 2.75) is 78.0 Å². The number of anilines is 2. The number of amides is 3. The topological polar surface area (TPSA) is 91.0 Å². The van der Waals surface area contributed by atoms with Crippen molar-refractivity contribution in [3.63, 3.8) is 0 Å². The van der Waals surface area contributed by atoms with Crippen molar-refractivity contribution in [3.05, 3.63) is 59.2 Å². The molecule has 0 spiro atoms. The molecule has 2 heterocycles. The number of nitrogens with one attached hydrogen (secondary N) is 2. The molecule has 0 aliphatic carbocycles. The molecule has 8 heteroatoms. The molecule has 1 fully saturated rings. The molecule has 2 aromatic rings. The van der Waals surface area contributed by atoms with Gasteiger partial charge in [0.15, 0.2) is 0 Å². The van der Waals surface area contributed by atoms with Gasteiger partial charge in [0.25, 0.3) is 5.91 Å². The number of carbonyl (C=O) groups is 3. The van der Waals surface area contributed by atoms with E-state index in [1.54, 1.807) is 18.9 Å². The first-order valence-electron chi connectivity index (χ1n) is 13.9. The van der Waals surface area contributed by atoms with Gasteiger partial charge in [0.1, 0.15) is 5.60 Å². The molecule has 3 atom stereocenters. The highest BCUT2D eigenvalue weighted by atomic mass is 16.6. The quantitative estimate of drug-likeness (QED) is 0.525. The van der Waals surface area contributed by atoms with Crippen LogP contribution in [0.5, 0.6) is 0 Å². The zero-order valence-corrected chi connectivity index (χ0v) is 24.2. The molecular weight excluding hydrogens is 492 g/mol. The van der Waals surface area contributed by atoms with Crippen molar-refractivity contribution in [1.29, 1.82) is 0 Å². The second-order valence-electron chi connectivity index (χ2n) is 11.8. The first-order chi connectivity index (χ1) is 18.4. The van der Waals surface area contributed by atoms with Gasteiger partial charge in [-0.1, -0.05) is 19.1 Å². The summed E-state index contributed by atoms with van der Waals surface area (Å²) in [5.41, 5.74) is 4.28. The number of ether oxygens (including phenoxy) is 1. The van der Waals surface area contributed by atoms with Crippen molar-refractivity contribution in [2.24, 2.45) is 5.92 Å². The molecule has 1 saturated heterocycles. The van der Waals surface area contributed by atoms with E-state index in [9.17, 15) is 14.4 Å². The Labute approximate surface area is 232 Å². The fraction of sp³-hybridized carbons (Fsp3) is 0.516. The van der Waals surface area contributed by atoms with Crippen LogP contribution in [0, 0.1) is 5.92 Å². The van der Waals surface area contributed by atoms with Crippen LogP contribution in [0.15, 0.2) is 42.5 Å². The van der Waals surface area contributed by atoms with Gasteiger partial charge >= 0.3 is 6.09 Å². The average Bonchev–Trinajstić information content (AvgIpc) is 2.90. The Balaban J connectivity index is 1.59. The number of benzene rings is 2. The zero-order chi connectivity index (χ0) is 28.5. The first-order valence-corrected chi connectivity index (χ1v) is 13.9. The van der Waals surface area contributed by atoms with Gasteiger partial charge in [0.2, 0.25) is 5.91 Å². The molecular formula is C31H42N4O4. The number of carbonyl (C=O) groups excluding carboxylic acids is 3. The Bertz CT molecular complexity index is 1210. The van der Waals surface area contributed by atoms with Crippen LogP contribution in [0.3, 0.4) is 0 Å². The van der Waals surface area contributed by atoms with Crippen LogP contribution in [-0.4, -0.2) is 54.6 Å². The standard InChI is InChI=1S/C31H42N4O4/c1-19-20(2)35(21(3)36)27-13-10-24(22-14-16-34(17-15-22)30(38)39-31(4,5)6)18-26(27)28(19)33-25-11-8-23(9-12-25)29(37)32-7/h8-13,18-20,22,28,33H,14-17H2,1-7H3,(H,32,37)/t19-,20-,28+/m0/s1. The molecule has 2 aliphatic rings. The highest BCUT2D eigenvalue weighted by molar-refractivity contribution is 5.95. The van der Waals surface area contributed by atoms with Gasteiger partial charge < -0.3 is 25.2 Å². The van der Waals surface area contributed by atoms with Crippen molar-refractivity contribution >= 4 is 29.3 Å². The van der Waals surface area contributed by atoms with Crippen LogP contribution in [0.2, 0.25) is 0 Å². The van der Waals surface area contributed by atoms with Crippen LogP contribution >= 0.6 is 0 Å². The molecule has 2 N–H and O–H groups in total. The molecule has 2 aromatic carbocycles. The maximum atomic E-state index is 12.7. The maximum absolute atomic E-state index is 12.7. The lowest BCUT2D eigenvalue weighted by molar-refractivity contribution is -0.117. The van der Waals surface area contributed by atoms with E-state index in [-0.39, 0.29) is 35.9 Å². The minimum absolute atomic E-state index is 0.0144. The van der Waals surface area contributed by atoms with E-state index in [1.807, 2.05) is 49.9 Å². The van der Waals surface area contributed by atoms with Crippen molar-refractivity contribution in [3.8, 4) is 0 Å². The van der Waals surface area contributed by atoms with Crippen LogP contribution in [0.4, 0.5) is 16.2 Å². The van der Waals surface area contributed by atoms with E-state index in [0.717, 1.165) is 29.8 Å². The normalized spacial score (nSPS) is 21.7. The molecule has 2 aliphatic heterocycles. The molecule has 39 heavy (non-hydrogen) atoms. The molecule has 0 aromatic heterocycles. The monoisotopic (exact) mass is 534 g/mol. The lowest BCUT2D eigenvalue weighted by atomic mass is 9.80. The van der Waals surface area contributed by atoms with E-state index < -0.39 is 5.60 Å². The summed E-state index contributed by atoms with van der Waals surface area (Å²) in [5.74, 6) is 0.375. The maximum Gasteiger partial charge on any atom is 0.410 e. The van der Waals surface area contributed by atoms with Gasteiger partial charge in [0.05, 0.1) is 6.04 Å². The molecule has 0 saturated carbocycles. The number of hydrogen-bond donors (Lipinski definition) is 2. The van der Waals surface area contributed by atoms with E-state index in [2.05, 4.69) is 42.7 Å². The Morgan fingerprint density at radius 2 is 1.62 bits per heavy atom. The lowest BCUT2D eigenvalue weighted by Crippen LogP contribution is -2.48. The number of likely N-dealkylation sites (tertiary alicyclic amines) is 1. The van der Waals surface area contributed by atoms with E-state index in [1.165, 1.54) is 5.56 Å². The molecule has 3 amide bonds. The smallest absolute Gasteiger partial charge is 0.410 e. The van der Waals surface area contributed by atoms with Gasteiger partial charge in [-0.3, -0.25) is 9.59 Å². The molecule has 0 radical (unpaired) electrons. The second-order valence-corrected chi connectivity index (χ2v) is 11.8. The van der Waals surface area contributed by atoms with Crippen LogP contribution in [0.1, 0.15) is 87.8 Å². The summed E-state index contributed by atoms with van der Waals surface area (Å²) in [6, 6.07) is 13.9. The predicted octanol–water partition coefficient (Wildman–Crippen LogP) is 5.71. The second kappa shape index (κ2) is 11.3. The molecule has 0 bridgehead atoms. The summed E-state index contributed by atoms with van der Waals surface area (Å²) in [4.78, 5) is 40.9. The van der Waals surface area contributed by atoms with Gasteiger partial charge in [0, 0.05) is 56.0 Å². The predicted molar refractivity (Wildman–Crippen MR) is 154 cm³/mol. The number of fused-ring (bicyclic) bond motifs is 1. The third kappa shape index (κ3) is 6.21. The first kappa shape index (κ1) is 28.5. The fourth-order valence-electron chi connectivity index (χ4n) is 5.74. The summed E-state index contributed by atoms with van der Waals surface area (Å²) in [6.45, 7) is 12.9. The highest BCUT2D eigenvalue weighted by Crippen LogP contribution is 2.44. The van der Waals surface area contributed by atoms with Crippen LogP contribution < -0.4 is 15.5 Å². The molecule has 210 valence electrons. The highest BCUT2D eigenvalue weighted by Gasteiger charge is 2.39. The van der Waals surface area contributed by atoms with Gasteiger partial charge in [-0.05, 0) is 87.9 Å². The molecule has 8 nitrogen and oxygen atoms in total. The minimum atomic E-state index is -0.506. The molecule has 4 rings (SSSR count). The summed E-state index contributed by atoms with van der Waals surface area (Å²) >= 11 is 0. The van der Waals surface area contributed by atoms with Gasteiger partial charge in [-0.2, -0.15) is 0 Å². The van der Waals surface area contributed by atoms with Crippen LogP contribution in [0.25, 0.3) is 0 Å². The lowest BCUT2D eigenvalue weighted by Gasteiger charge is -2.44. The average molecular weight is 535 g/mol. The Kier molecular flexibility index (Phi) is 8.23. The number of nitrogens with zero attached hydrogens (tertiary/aromatic N) is 2. The van der Waals surface area contributed by atoms with E-state index >= 15 is 0 Å².